The summed E-state index contributed by atoms with van der Waals surface area (Å²) in [7, 11) is 0. The van der Waals surface area contributed by atoms with Crippen LogP contribution in [0, 0.1) is 0 Å². The van der Waals surface area contributed by atoms with Gasteiger partial charge in [0.25, 0.3) is 0 Å². The first kappa shape index (κ1) is 24.3. The molecule has 0 bridgehead atoms. The molecule has 0 aromatic heterocycles. The van der Waals surface area contributed by atoms with E-state index < -0.39 is 5.41 Å². The van der Waals surface area contributed by atoms with Gasteiger partial charge in [-0.25, -0.2) is 0 Å². The molecule has 2 aromatic carbocycles. The van der Waals surface area contributed by atoms with Crippen LogP contribution in [0.4, 0.5) is 5.69 Å². The summed E-state index contributed by atoms with van der Waals surface area (Å²) in [6.07, 6.45) is 4.99. The number of carbonyl (C=O) groups is 1. The summed E-state index contributed by atoms with van der Waals surface area (Å²) in [5, 5.41) is 4.14. The Kier molecular flexibility index (Phi) is 8.18. The topological polar surface area (TPSA) is 50.8 Å². The maximum atomic E-state index is 13.5. The zero-order valence-corrected chi connectivity index (χ0v) is 20.6. The number of nitrogens with one attached hydrogen (secondary N) is 1. The minimum Gasteiger partial charge on any atom is -0.492 e. The molecule has 0 aliphatic carbocycles. The van der Waals surface area contributed by atoms with Crippen LogP contribution in [0.5, 0.6) is 5.75 Å². The molecule has 1 amide bonds. The van der Waals surface area contributed by atoms with Crippen LogP contribution in [-0.4, -0.2) is 49.8 Å². The van der Waals surface area contributed by atoms with Crippen molar-refractivity contribution >= 4 is 34.8 Å². The van der Waals surface area contributed by atoms with Crippen molar-refractivity contribution < 1.29 is 14.3 Å². The van der Waals surface area contributed by atoms with Gasteiger partial charge in [-0.3, -0.25) is 9.69 Å². The van der Waals surface area contributed by atoms with Crippen LogP contribution >= 0.6 is 23.2 Å². The molecular formula is C26H32Cl2N2O3. The maximum Gasteiger partial charge on any atom is 0.235 e. The number of piperidine rings is 1. The van der Waals surface area contributed by atoms with Crippen LogP contribution in [0.25, 0.3) is 0 Å². The number of carbonyl (C=O) groups excluding carboxylic acids is 1. The molecule has 2 aliphatic rings. The molecule has 1 N–H and O–H groups in total. The lowest BCUT2D eigenvalue weighted by Crippen LogP contribution is -2.45. The molecule has 2 aliphatic heterocycles. The predicted octanol–water partition coefficient (Wildman–Crippen LogP) is 5.93. The minimum atomic E-state index is -0.750. The van der Waals surface area contributed by atoms with E-state index in [-0.39, 0.29) is 5.91 Å². The van der Waals surface area contributed by atoms with Gasteiger partial charge in [-0.05, 0) is 81.1 Å². The van der Waals surface area contributed by atoms with Crippen molar-refractivity contribution in [2.75, 3.05) is 38.2 Å². The third-order valence-electron chi connectivity index (χ3n) is 6.93. The summed E-state index contributed by atoms with van der Waals surface area (Å²) in [6.45, 7) is 6.06. The molecule has 2 fully saturated rings. The van der Waals surface area contributed by atoms with E-state index in [9.17, 15) is 4.79 Å². The van der Waals surface area contributed by atoms with E-state index >= 15 is 0 Å². The van der Waals surface area contributed by atoms with Gasteiger partial charge in [0, 0.05) is 41.5 Å². The molecule has 4 rings (SSSR count). The number of hydrogen-bond acceptors (Lipinski definition) is 4. The first-order valence-electron chi connectivity index (χ1n) is 11.8. The van der Waals surface area contributed by atoms with Gasteiger partial charge in [-0.1, -0.05) is 35.7 Å². The molecule has 0 saturated carbocycles. The number of likely N-dealkylation sites (tertiary alicyclic amines) is 1. The molecule has 7 heteroatoms. The highest BCUT2D eigenvalue weighted by molar-refractivity contribution is 6.35. The van der Waals surface area contributed by atoms with E-state index in [0.29, 0.717) is 48.7 Å². The monoisotopic (exact) mass is 490 g/mol. The fraction of sp³-hybridized carbons (Fsp3) is 0.500. The molecule has 5 nitrogen and oxygen atoms in total. The Morgan fingerprint density at radius 3 is 2.61 bits per heavy atom. The Bertz CT molecular complexity index is 945. The van der Waals surface area contributed by atoms with Gasteiger partial charge in [0.05, 0.1) is 5.41 Å². The molecule has 33 heavy (non-hydrogen) atoms. The highest BCUT2D eigenvalue weighted by atomic mass is 35.5. The first-order chi connectivity index (χ1) is 16.0. The summed E-state index contributed by atoms with van der Waals surface area (Å²) >= 11 is 12.6. The normalized spacial score (nSPS) is 20.9. The van der Waals surface area contributed by atoms with Gasteiger partial charge in [0.2, 0.25) is 5.91 Å². The Morgan fingerprint density at radius 2 is 1.91 bits per heavy atom. The molecule has 1 atom stereocenters. The molecule has 178 valence electrons. The lowest BCUT2D eigenvalue weighted by molar-refractivity contribution is -0.125. The van der Waals surface area contributed by atoms with Gasteiger partial charge in [-0.2, -0.15) is 0 Å². The zero-order valence-electron chi connectivity index (χ0n) is 19.1. The number of nitrogens with zero attached hydrogens (tertiary/aromatic N) is 1. The van der Waals surface area contributed by atoms with Crippen molar-refractivity contribution in [2.24, 2.45) is 0 Å². The first-order valence-corrected chi connectivity index (χ1v) is 12.6. The number of amides is 1. The smallest absolute Gasteiger partial charge is 0.235 e. The average Bonchev–Trinajstić information content (AvgIpc) is 2.82. The van der Waals surface area contributed by atoms with Crippen LogP contribution in [-0.2, 0) is 14.9 Å². The molecule has 2 heterocycles. The molecular weight excluding hydrogens is 459 g/mol. The van der Waals surface area contributed by atoms with Crippen molar-refractivity contribution in [1.29, 1.82) is 0 Å². The van der Waals surface area contributed by atoms with Crippen LogP contribution in [0.15, 0.2) is 42.5 Å². The van der Waals surface area contributed by atoms with Crippen molar-refractivity contribution in [3.8, 4) is 5.75 Å². The van der Waals surface area contributed by atoms with E-state index in [1.165, 1.54) is 19.3 Å². The Hall–Kier alpha value is -1.79. The number of anilines is 1. The molecule has 2 aromatic rings. The van der Waals surface area contributed by atoms with E-state index in [4.69, 9.17) is 32.7 Å². The average molecular weight is 491 g/mol. The van der Waals surface area contributed by atoms with Crippen molar-refractivity contribution in [3.05, 3.63) is 58.1 Å². The fourth-order valence-corrected chi connectivity index (χ4v) is 5.46. The van der Waals surface area contributed by atoms with Crippen LogP contribution in [0.3, 0.4) is 0 Å². The largest absolute Gasteiger partial charge is 0.492 e. The van der Waals surface area contributed by atoms with Crippen LogP contribution in [0.2, 0.25) is 10.0 Å². The van der Waals surface area contributed by atoms with Crippen molar-refractivity contribution in [1.82, 2.24) is 4.90 Å². The quantitative estimate of drug-likeness (QED) is 0.522. The minimum absolute atomic E-state index is 0.0808. The number of halogens is 2. The summed E-state index contributed by atoms with van der Waals surface area (Å²) in [6, 6.07) is 13.5. The molecule has 0 unspecified atom stereocenters. The molecule has 0 radical (unpaired) electrons. The summed E-state index contributed by atoms with van der Waals surface area (Å²) < 4.78 is 11.5. The number of rotatable bonds is 7. The summed E-state index contributed by atoms with van der Waals surface area (Å²) in [5.74, 6) is 0.724. The highest BCUT2D eigenvalue weighted by Crippen LogP contribution is 2.40. The molecule has 2 saturated heterocycles. The number of ether oxygens (including phenoxy) is 2. The van der Waals surface area contributed by atoms with E-state index in [1.54, 1.807) is 12.1 Å². The lowest BCUT2D eigenvalue weighted by atomic mass is 9.73. The molecule has 0 spiro atoms. The zero-order chi connectivity index (χ0) is 23.3. The number of hydrogen-bond donors (Lipinski definition) is 1. The Balaban J connectivity index is 1.39. The van der Waals surface area contributed by atoms with Crippen molar-refractivity contribution in [3.63, 3.8) is 0 Å². The van der Waals surface area contributed by atoms with Gasteiger partial charge < -0.3 is 14.8 Å². The highest BCUT2D eigenvalue weighted by Gasteiger charge is 2.43. The van der Waals surface area contributed by atoms with Crippen LogP contribution in [0.1, 0.15) is 44.6 Å². The van der Waals surface area contributed by atoms with E-state index in [0.717, 1.165) is 30.1 Å². The van der Waals surface area contributed by atoms with Gasteiger partial charge >= 0.3 is 0 Å². The van der Waals surface area contributed by atoms with Gasteiger partial charge in [-0.15, -0.1) is 0 Å². The second-order valence-corrected chi connectivity index (χ2v) is 9.87. The van der Waals surface area contributed by atoms with E-state index in [1.807, 2.05) is 30.3 Å². The Labute approximate surface area is 206 Å². The van der Waals surface area contributed by atoms with E-state index in [2.05, 4.69) is 17.1 Å². The van der Waals surface area contributed by atoms with Crippen LogP contribution < -0.4 is 10.1 Å². The third-order valence-corrected chi connectivity index (χ3v) is 7.48. The summed E-state index contributed by atoms with van der Waals surface area (Å²) in [4.78, 5) is 16.0. The number of benzene rings is 2. The second-order valence-electron chi connectivity index (χ2n) is 9.03. The lowest BCUT2D eigenvalue weighted by Gasteiger charge is -2.36. The second kappa shape index (κ2) is 11.1. The maximum absolute atomic E-state index is 13.5. The van der Waals surface area contributed by atoms with Crippen molar-refractivity contribution in [2.45, 2.75) is 50.5 Å². The standard InChI is InChI=1S/C26H32Cl2N2O3/c1-19-4-2-3-13-30(19)14-17-33-22-8-6-21(7-9-22)29-25(31)26(11-15-32-16-12-26)23-10-5-20(27)18-24(23)28/h5-10,18-19H,2-4,11-17H2,1H3,(H,29,31)/t19-/m1/s1. The fourth-order valence-electron chi connectivity index (χ4n) is 4.87. The SMILES string of the molecule is C[C@@H]1CCCCN1CCOc1ccc(NC(=O)C2(c3ccc(Cl)cc3Cl)CCOCC2)cc1. The summed E-state index contributed by atoms with van der Waals surface area (Å²) in [5.41, 5.74) is 0.773. The van der Waals surface area contributed by atoms with Gasteiger partial charge in [0.15, 0.2) is 0 Å². The predicted molar refractivity (Wildman–Crippen MR) is 134 cm³/mol. The van der Waals surface area contributed by atoms with Gasteiger partial charge in [0.1, 0.15) is 12.4 Å². The Morgan fingerprint density at radius 1 is 1.15 bits per heavy atom. The third kappa shape index (κ3) is 5.83.